The Labute approximate surface area is 124 Å². The van der Waals surface area contributed by atoms with Crippen LogP contribution in [0, 0.1) is 17.8 Å². The number of allylic oxidation sites excluding steroid dienone is 1. The lowest BCUT2D eigenvalue weighted by molar-refractivity contribution is 0.0460. The van der Waals surface area contributed by atoms with Gasteiger partial charge in [0, 0.05) is 0 Å². The highest BCUT2D eigenvalue weighted by Gasteiger charge is 2.32. The van der Waals surface area contributed by atoms with Crippen molar-refractivity contribution in [3.05, 3.63) is 42.5 Å². The van der Waals surface area contributed by atoms with Crippen LogP contribution in [0.5, 0.6) is 5.75 Å². The van der Waals surface area contributed by atoms with E-state index >= 15 is 0 Å². The third-order valence-electron chi connectivity index (χ3n) is 4.55. The van der Waals surface area contributed by atoms with Crippen molar-refractivity contribution in [1.29, 1.82) is 0 Å². The third-order valence-corrected chi connectivity index (χ3v) is 4.55. The van der Waals surface area contributed by atoms with Gasteiger partial charge in [-0.05, 0) is 54.7 Å². The molecule has 1 aliphatic carbocycles. The summed E-state index contributed by atoms with van der Waals surface area (Å²) in [5.74, 6) is 3.20. The summed E-state index contributed by atoms with van der Waals surface area (Å²) in [6.45, 7) is 10.8. The molecule has 2 rings (SSSR count). The molecule has 20 heavy (non-hydrogen) atoms. The summed E-state index contributed by atoms with van der Waals surface area (Å²) in [4.78, 5) is 0. The fourth-order valence-corrected chi connectivity index (χ4v) is 3.30. The van der Waals surface area contributed by atoms with Gasteiger partial charge in [-0.2, -0.15) is 0 Å². The van der Waals surface area contributed by atoms with Crippen LogP contribution in [-0.4, -0.2) is 6.10 Å². The molecular weight excluding hydrogens is 244 g/mol. The van der Waals surface area contributed by atoms with Gasteiger partial charge >= 0.3 is 0 Å². The van der Waals surface area contributed by atoms with E-state index in [1.807, 2.05) is 6.08 Å². The van der Waals surface area contributed by atoms with Crippen molar-refractivity contribution < 1.29 is 4.74 Å². The molecule has 0 bridgehead atoms. The van der Waals surface area contributed by atoms with Gasteiger partial charge in [0.15, 0.2) is 0 Å². The maximum Gasteiger partial charge on any atom is 0.119 e. The minimum absolute atomic E-state index is 0.379. The number of benzene rings is 1. The van der Waals surface area contributed by atoms with Crippen LogP contribution >= 0.6 is 0 Å². The Balaban J connectivity index is 2.03. The molecule has 1 aromatic carbocycles. The number of rotatable bonds is 5. The minimum atomic E-state index is 0.379. The lowest BCUT2D eigenvalue weighted by Crippen LogP contribution is -2.36. The molecular formula is C19H28O. The predicted octanol–water partition coefficient (Wildman–Crippen LogP) is 5.25. The van der Waals surface area contributed by atoms with Gasteiger partial charge in [-0.3, -0.25) is 0 Å². The molecule has 1 aromatic rings. The van der Waals surface area contributed by atoms with E-state index in [1.54, 1.807) is 0 Å². The van der Waals surface area contributed by atoms with Crippen molar-refractivity contribution in [2.45, 2.75) is 52.6 Å². The predicted molar refractivity (Wildman–Crippen MR) is 86.1 cm³/mol. The molecule has 0 spiro atoms. The van der Waals surface area contributed by atoms with Crippen molar-refractivity contribution in [3.8, 4) is 5.75 Å². The van der Waals surface area contributed by atoms with Crippen molar-refractivity contribution in [1.82, 2.24) is 0 Å². The first-order valence-electron chi connectivity index (χ1n) is 7.96. The van der Waals surface area contributed by atoms with E-state index in [4.69, 9.17) is 4.74 Å². The average Bonchev–Trinajstić information content (AvgIpc) is 2.41. The SMILES string of the molecule is C=CCc1ccc(OC2CC(C)CCC2C(C)C)cc1. The first-order chi connectivity index (χ1) is 9.60. The van der Waals surface area contributed by atoms with E-state index in [-0.39, 0.29) is 0 Å². The normalized spacial score (nSPS) is 26.5. The Hall–Kier alpha value is -1.24. The Morgan fingerprint density at radius 3 is 2.55 bits per heavy atom. The van der Waals surface area contributed by atoms with Gasteiger partial charge in [-0.25, -0.2) is 0 Å². The van der Waals surface area contributed by atoms with Crippen LogP contribution in [-0.2, 0) is 6.42 Å². The lowest BCUT2D eigenvalue weighted by Gasteiger charge is -2.37. The highest BCUT2D eigenvalue weighted by atomic mass is 16.5. The summed E-state index contributed by atoms with van der Waals surface area (Å²) in [5.41, 5.74) is 1.30. The Bertz CT molecular complexity index is 418. The molecule has 1 aliphatic rings. The Morgan fingerprint density at radius 2 is 1.95 bits per heavy atom. The summed E-state index contributed by atoms with van der Waals surface area (Å²) in [5, 5.41) is 0. The molecule has 1 fully saturated rings. The second-order valence-electron chi connectivity index (χ2n) is 6.62. The van der Waals surface area contributed by atoms with Gasteiger partial charge < -0.3 is 4.74 Å². The van der Waals surface area contributed by atoms with Crippen LogP contribution in [0.15, 0.2) is 36.9 Å². The van der Waals surface area contributed by atoms with E-state index in [9.17, 15) is 0 Å². The van der Waals surface area contributed by atoms with Gasteiger partial charge in [0.1, 0.15) is 11.9 Å². The Kier molecular flexibility index (Phi) is 5.28. The fourth-order valence-electron chi connectivity index (χ4n) is 3.30. The van der Waals surface area contributed by atoms with Crippen molar-refractivity contribution in [3.63, 3.8) is 0 Å². The van der Waals surface area contributed by atoms with E-state index < -0.39 is 0 Å². The van der Waals surface area contributed by atoms with E-state index in [1.165, 1.54) is 24.8 Å². The third kappa shape index (κ3) is 3.88. The van der Waals surface area contributed by atoms with Crippen LogP contribution in [0.2, 0.25) is 0 Å². The van der Waals surface area contributed by atoms with Crippen LogP contribution in [0.25, 0.3) is 0 Å². The standard InChI is InChI=1S/C19H28O/c1-5-6-16-8-10-17(11-9-16)20-19-13-15(4)7-12-18(19)14(2)3/h5,8-11,14-15,18-19H,1,6-7,12-13H2,2-4H3. The Morgan fingerprint density at radius 1 is 1.25 bits per heavy atom. The molecule has 0 aliphatic heterocycles. The lowest BCUT2D eigenvalue weighted by atomic mass is 9.75. The summed E-state index contributed by atoms with van der Waals surface area (Å²) < 4.78 is 6.31. The van der Waals surface area contributed by atoms with Crippen molar-refractivity contribution >= 4 is 0 Å². The number of hydrogen-bond donors (Lipinski definition) is 0. The smallest absolute Gasteiger partial charge is 0.119 e. The zero-order valence-corrected chi connectivity index (χ0v) is 13.1. The molecule has 3 atom stereocenters. The molecule has 1 nitrogen and oxygen atoms in total. The van der Waals surface area contributed by atoms with Gasteiger partial charge in [0.2, 0.25) is 0 Å². The van der Waals surface area contributed by atoms with Gasteiger partial charge in [-0.1, -0.05) is 45.4 Å². The molecule has 110 valence electrons. The second-order valence-corrected chi connectivity index (χ2v) is 6.62. The van der Waals surface area contributed by atoms with Crippen molar-refractivity contribution in [2.75, 3.05) is 0 Å². The largest absolute Gasteiger partial charge is 0.490 e. The first-order valence-corrected chi connectivity index (χ1v) is 7.96. The van der Waals surface area contributed by atoms with Gasteiger partial charge in [-0.15, -0.1) is 6.58 Å². The van der Waals surface area contributed by atoms with Gasteiger partial charge in [0.05, 0.1) is 0 Å². The van der Waals surface area contributed by atoms with E-state index in [0.29, 0.717) is 17.9 Å². The van der Waals surface area contributed by atoms with Gasteiger partial charge in [0.25, 0.3) is 0 Å². The average molecular weight is 272 g/mol. The quantitative estimate of drug-likeness (QED) is 0.665. The summed E-state index contributed by atoms with van der Waals surface area (Å²) >= 11 is 0. The summed E-state index contributed by atoms with van der Waals surface area (Å²) in [6.07, 6.45) is 7.09. The summed E-state index contributed by atoms with van der Waals surface area (Å²) in [6, 6.07) is 8.51. The molecule has 0 aromatic heterocycles. The maximum absolute atomic E-state index is 6.31. The fraction of sp³-hybridized carbons (Fsp3) is 0.579. The molecule has 0 amide bonds. The number of ether oxygens (including phenoxy) is 1. The summed E-state index contributed by atoms with van der Waals surface area (Å²) in [7, 11) is 0. The topological polar surface area (TPSA) is 9.23 Å². The molecule has 1 saturated carbocycles. The molecule has 1 heteroatoms. The zero-order chi connectivity index (χ0) is 14.5. The second kappa shape index (κ2) is 6.97. The van der Waals surface area contributed by atoms with Crippen molar-refractivity contribution in [2.24, 2.45) is 17.8 Å². The molecule has 0 N–H and O–H groups in total. The molecule has 0 radical (unpaired) electrons. The van der Waals surface area contributed by atoms with Crippen LogP contribution < -0.4 is 4.74 Å². The van der Waals surface area contributed by atoms with E-state index in [0.717, 1.165) is 18.1 Å². The molecule has 3 unspecified atom stereocenters. The highest BCUT2D eigenvalue weighted by Crippen LogP contribution is 2.35. The van der Waals surface area contributed by atoms with Crippen LogP contribution in [0.3, 0.4) is 0 Å². The maximum atomic E-state index is 6.31. The van der Waals surface area contributed by atoms with Crippen LogP contribution in [0.1, 0.15) is 45.6 Å². The number of hydrogen-bond acceptors (Lipinski definition) is 1. The molecule has 0 saturated heterocycles. The highest BCUT2D eigenvalue weighted by molar-refractivity contribution is 5.28. The molecule has 0 heterocycles. The van der Waals surface area contributed by atoms with Crippen LogP contribution in [0.4, 0.5) is 0 Å². The zero-order valence-electron chi connectivity index (χ0n) is 13.1. The van der Waals surface area contributed by atoms with E-state index in [2.05, 4.69) is 51.6 Å². The minimum Gasteiger partial charge on any atom is -0.490 e. The first kappa shape index (κ1) is 15.2. The monoisotopic (exact) mass is 272 g/mol.